The minimum absolute atomic E-state index is 0.991. The summed E-state index contributed by atoms with van der Waals surface area (Å²) in [5.74, 6) is 0. The average molecular weight is 333 g/mol. The summed E-state index contributed by atoms with van der Waals surface area (Å²) in [5, 5.41) is 0. The highest BCUT2D eigenvalue weighted by atomic mass is 32.2. The molecule has 8 heteroatoms. The summed E-state index contributed by atoms with van der Waals surface area (Å²) >= 11 is 0. The van der Waals surface area contributed by atoms with Crippen molar-refractivity contribution >= 4 is 10.1 Å². The predicted octanol–water partition coefficient (Wildman–Crippen LogP) is 2.08. The summed E-state index contributed by atoms with van der Waals surface area (Å²) in [6.07, 6.45) is 10.1. The number of alkyl halides is 3. The first-order chi connectivity index (χ1) is 9.63. The molecule has 1 saturated heterocycles. The first-order valence-corrected chi connectivity index (χ1v) is 8.91. The summed E-state index contributed by atoms with van der Waals surface area (Å²) < 4.78 is 58.9. The van der Waals surface area contributed by atoms with Crippen LogP contribution < -0.4 is 4.90 Å². The Hall–Kier alpha value is -0.340. The van der Waals surface area contributed by atoms with Gasteiger partial charge < -0.3 is 9.45 Å². The smallest absolute Gasteiger partial charge is 0.485 e. The van der Waals surface area contributed by atoms with Gasteiger partial charge in [0.15, 0.2) is 10.1 Å². The number of hydrogen-bond donors (Lipinski definition) is 1. The first kappa shape index (κ1) is 20.7. The summed E-state index contributed by atoms with van der Waals surface area (Å²) in [4.78, 5) is 1.90. The molecule has 128 valence electrons. The molecule has 2 unspecified atom stereocenters. The lowest BCUT2D eigenvalue weighted by molar-refractivity contribution is -0.931. The van der Waals surface area contributed by atoms with E-state index in [1.807, 2.05) is 4.90 Å². The van der Waals surface area contributed by atoms with Crippen LogP contribution in [0.4, 0.5) is 13.2 Å². The summed E-state index contributed by atoms with van der Waals surface area (Å²) in [7, 11) is -6.09. The summed E-state index contributed by atoms with van der Waals surface area (Å²) in [5.41, 5.74) is -5.65. The van der Waals surface area contributed by atoms with Crippen molar-refractivity contribution < 1.29 is 31.0 Å². The standard InChI is InChI=1S/C12H25N.CHF3O3S/c1-3-5-7-10-13-11-8-6-9-12(13)4-2;2-1(3,4)8(5,6)7/h12H,3-11H2,1-2H3;(H,5,6,7). The highest BCUT2D eigenvalue weighted by Crippen LogP contribution is 2.20. The average Bonchev–Trinajstić information content (AvgIpc) is 2.38. The number of hydrogen-bond acceptors (Lipinski definition) is 3. The van der Waals surface area contributed by atoms with Crippen LogP contribution in [0.2, 0.25) is 0 Å². The number of nitrogens with one attached hydrogen (secondary N) is 1. The second-order valence-corrected chi connectivity index (χ2v) is 6.74. The minimum atomic E-state index is -6.09. The van der Waals surface area contributed by atoms with Gasteiger partial charge in [0, 0.05) is 0 Å². The molecular weight excluding hydrogens is 307 g/mol. The van der Waals surface area contributed by atoms with Gasteiger partial charge in [-0.05, 0) is 38.5 Å². The maximum absolute atomic E-state index is 10.7. The number of halogens is 3. The van der Waals surface area contributed by atoms with Crippen LogP contribution in [0.25, 0.3) is 0 Å². The van der Waals surface area contributed by atoms with Gasteiger partial charge >= 0.3 is 5.51 Å². The molecule has 4 nitrogen and oxygen atoms in total. The van der Waals surface area contributed by atoms with Gasteiger partial charge in [0.05, 0.1) is 19.1 Å². The third kappa shape index (κ3) is 8.63. The Morgan fingerprint density at radius 1 is 1.19 bits per heavy atom. The molecule has 1 aliphatic heterocycles. The van der Waals surface area contributed by atoms with Crippen molar-refractivity contribution in [2.75, 3.05) is 13.1 Å². The van der Waals surface area contributed by atoms with E-state index in [-0.39, 0.29) is 0 Å². The van der Waals surface area contributed by atoms with Crippen LogP contribution in [0.15, 0.2) is 0 Å². The molecule has 0 aromatic heterocycles. The van der Waals surface area contributed by atoms with Crippen LogP contribution in [0, 0.1) is 0 Å². The van der Waals surface area contributed by atoms with E-state index >= 15 is 0 Å². The van der Waals surface area contributed by atoms with Crippen LogP contribution in [-0.4, -0.2) is 37.6 Å². The number of rotatable bonds is 5. The van der Waals surface area contributed by atoms with Crippen LogP contribution in [0.1, 0.15) is 58.8 Å². The number of quaternary nitrogens is 1. The lowest BCUT2D eigenvalue weighted by Crippen LogP contribution is -3.16. The number of likely N-dealkylation sites (tertiary alicyclic amines) is 1. The molecule has 0 aliphatic carbocycles. The molecule has 1 fully saturated rings. The zero-order chi connectivity index (χ0) is 16.5. The van der Waals surface area contributed by atoms with Crippen molar-refractivity contribution in [1.29, 1.82) is 0 Å². The largest absolute Gasteiger partial charge is 0.741 e. The van der Waals surface area contributed by atoms with E-state index < -0.39 is 15.6 Å². The van der Waals surface area contributed by atoms with Crippen molar-refractivity contribution in [3.8, 4) is 0 Å². The van der Waals surface area contributed by atoms with Crippen molar-refractivity contribution in [2.24, 2.45) is 0 Å². The maximum atomic E-state index is 10.7. The van der Waals surface area contributed by atoms with Gasteiger partial charge in [-0.2, -0.15) is 13.2 Å². The molecule has 1 heterocycles. The van der Waals surface area contributed by atoms with Crippen LogP contribution in [0.3, 0.4) is 0 Å². The monoisotopic (exact) mass is 333 g/mol. The van der Waals surface area contributed by atoms with Crippen molar-refractivity contribution in [2.45, 2.75) is 70.3 Å². The second kappa shape index (κ2) is 9.63. The summed E-state index contributed by atoms with van der Waals surface area (Å²) in [6, 6.07) is 0.991. The highest BCUT2D eigenvalue weighted by molar-refractivity contribution is 7.86. The SMILES string of the molecule is CCCCC[NH+]1CCCCC1CC.O=S(=O)([O-])C(F)(F)F. The second-order valence-electron chi connectivity index (χ2n) is 5.37. The van der Waals surface area contributed by atoms with Gasteiger partial charge in [-0.25, -0.2) is 8.42 Å². The van der Waals surface area contributed by atoms with Gasteiger partial charge in [0.25, 0.3) is 0 Å². The van der Waals surface area contributed by atoms with Crippen LogP contribution in [0.5, 0.6) is 0 Å². The Morgan fingerprint density at radius 3 is 2.19 bits per heavy atom. The molecule has 0 radical (unpaired) electrons. The molecule has 1 rings (SSSR count). The Bertz CT molecular complexity index is 371. The van der Waals surface area contributed by atoms with Crippen molar-refractivity contribution in [3.05, 3.63) is 0 Å². The van der Waals surface area contributed by atoms with Crippen molar-refractivity contribution in [3.63, 3.8) is 0 Å². The Balaban J connectivity index is 0.000000433. The third-order valence-corrected chi connectivity index (χ3v) is 4.32. The van der Waals surface area contributed by atoms with E-state index in [9.17, 15) is 13.2 Å². The molecule has 1 N–H and O–H groups in total. The number of piperidine rings is 1. The zero-order valence-electron chi connectivity index (χ0n) is 12.7. The third-order valence-electron chi connectivity index (χ3n) is 3.76. The van der Waals surface area contributed by atoms with Crippen LogP contribution in [-0.2, 0) is 10.1 Å². The highest BCUT2D eigenvalue weighted by Gasteiger charge is 2.36. The normalized spacial score (nSPS) is 23.3. The van der Waals surface area contributed by atoms with E-state index in [2.05, 4.69) is 13.8 Å². The van der Waals surface area contributed by atoms with E-state index in [0.717, 1.165) is 6.04 Å². The fourth-order valence-corrected chi connectivity index (χ4v) is 2.58. The fourth-order valence-electron chi connectivity index (χ4n) is 2.58. The van der Waals surface area contributed by atoms with Gasteiger partial charge in [0.1, 0.15) is 0 Å². The number of unbranched alkanes of at least 4 members (excludes halogenated alkanes) is 2. The fraction of sp³-hybridized carbons (Fsp3) is 1.00. The van der Waals surface area contributed by atoms with Gasteiger partial charge in [-0.1, -0.05) is 20.3 Å². The molecule has 2 atom stereocenters. The predicted molar refractivity (Wildman–Crippen MR) is 73.9 cm³/mol. The lowest BCUT2D eigenvalue weighted by atomic mass is 9.99. The van der Waals surface area contributed by atoms with Crippen LogP contribution >= 0.6 is 0 Å². The maximum Gasteiger partial charge on any atom is 0.485 e. The zero-order valence-corrected chi connectivity index (χ0v) is 13.5. The molecule has 0 spiro atoms. The van der Waals surface area contributed by atoms with E-state index in [0.29, 0.717) is 0 Å². The Kier molecular flexibility index (Phi) is 9.48. The Morgan fingerprint density at radius 2 is 1.76 bits per heavy atom. The molecule has 0 amide bonds. The summed E-state index contributed by atoms with van der Waals surface area (Å²) in [6.45, 7) is 7.53. The first-order valence-electron chi connectivity index (χ1n) is 7.50. The topological polar surface area (TPSA) is 61.6 Å². The Labute approximate surface area is 125 Å². The molecule has 0 bridgehead atoms. The van der Waals surface area contributed by atoms with Gasteiger partial charge in [-0.15, -0.1) is 0 Å². The van der Waals surface area contributed by atoms with E-state index in [4.69, 9.17) is 13.0 Å². The minimum Gasteiger partial charge on any atom is -0.741 e. The quantitative estimate of drug-likeness (QED) is 0.476. The van der Waals surface area contributed by atoms with Gasteiger partial charge in [-0.3, -0.25) is 0 Å². The molecule has 21 heavy (non-hydrogen) atoms. The lowest BCUT2D eigenvalue weighted by Gasteiger charge is -2.32. The molecule has 0 saturated carbocycles. The molecule has 0 aromatic rings. The van der Waals surface area contributed by atoms with E-state index in [1.165, 1.54) is 58.0 Å². The molecule has 0 aromatic carbocycles. The molecular formula is C13H26F3NO3S. The van der Waals surface area contributed by atoms with E-state index in [1.54, 1.807) is 0 Å². The molecule has 1 aliphatic rings. The van der Waals surface area contributed by atoms with Gasteiger partial charge in [0.2, 0.25) is 0 Å². The van der Waals surface area contributed by atoms with Crippen molar-refractivity contribution in [1.82, 2.24) is 0 Å².